The first-order valence-electron chi connectivity index (χ1n) is 8.29. The summed E-state index contributed by atoms with van der Waals surface area (Å²) >= 11 is 0. The summed E-state index contributed by atoms with van der Waals surface area (Å²) in [4.78, 5) is 12.2. The zero-order valence-corrected chi connectivity index (χ0v) is 16.7. The maximum Gasteiger partial charge on any atom is 0.258 e. The Morgan fingerprint density at radius 1 is 1.11 bits per heavy atom. The molecule has 2 rings (SSSR count). The highest BCUT2D eigenvalue weighted by Gasteiger charge is 2.18. The minimum Gasteiger partial charge on any atom is -0.497 e. The van der Waals surface area contributed by atoms with E-state index in [4.69, 9.17) is 9.47 Å². The van der Waals surface area contributed by atoms with Crippen molar-refractivity contribution in [1.82, 2.24) is 9.62 Å². The third-order valence-corrected chi connectivity index (χ3v) is 5.74. The molecule has 0 spiro atoms. The Morgan fingerprint density at radius 2 is 1.78 bits per heavy atom. The second-order valence-electron chi connectivity index (χ2n) is 6.13. The van der Waals surface area contributed by atoms with Crippen LogP contribution in [0.25, 0.3) is 0 Å². The lowest BCUT2D eigenvalue weighted by molar-refractivity contribution is -0.123. The molecule has 1 amide bonds. The van der Waals surface area contributed by atoms with Crippen molar-refractivity contribution in [3.63, 3.8) is 0 Å². The summed E-state index contributed by atoms with van der Waals surface area (Å²) in [5.41, 5.74) is 1.58. The molecule has 0 heterocycles. The Balaban J connectivity index is 1.91. The average molecular weight is 392 g/mol. The summed E-state index contributed by atoms with van der Waals surface area (Å²) in [5, 5.41) is 2.77. The summed E-state index contributed by atoms with van der Waals surface area (Å²) in [5.74, 6) is 0.950. The topological polar surface area (TPSA) is 84.9 Å². The van der Waals surface area contributed by atoms with Crippen molar-refractivity contribution < 1.29 is 22.7 Å². The third-order valence-electron chi connectivity index (χ3n) is 3.93. The van der Waals surface area contributed by atoms with Crippen LogP contribution < -0.4 is 14.8 Å². The Labute approximate surface area is 160 Å². The number of carbonyl (C=O) groups excluding carboxylic acids is 1. The van der Waals surface area contributed by atoms with Crippen molar-refractivity contribution in [3.8, 4) is 11.5 Å². The van der Waals surface area contributed by atoms with Crippen LogP contribution in [0.5, 0.6) is 11.5 Å². The molecule has 0 radical (unpaired) electrons. The lowest BCUT2D eigenvalue weighted by Crippen LogP contribution is -2.28. The maximum absolute atomic E-state index is 12.1. The van der Waals surface area contributed by atoms with Gasteiger partial charge in [-0.15, -0.1) is 0 Å². The smallest absolute Gasteiger partial charge is 0.258 e. The third kappa shape index (κ3) is 5.45. The summed E-state index contributed by atoms with van der Waals surface area (Å²) in [6.07, 6.45) is 0. The molecule has 0 saturated heterocycles. The van der Waals surface area contributed by atoms with E-state index in [1.54, 1.807) is 20.1 Å². The van der Waals surface area contributed by atoms with Crippen molar-refractivity contribution in [2.24, 2.45) is 0 Å². The Hall–Kier alpha value is -2.58. The molecular formula is C19H24N2O5S. The van der Waals surface area contributed by atoms with Crippen LogP contribution in [0.3, 0.4) is 0 Å². The van der Waals surface area contributed by atoms with Gasteiger partial charge < -0.3 is 14.8 Å². The van der Waals surface area contributed by atoms with E-state index >= 15 is 0 Å². The fraction of sp³-hybridized carbons (Fsp3) is 0.316. The number of hydrogen-bond acceptors (Lipinski definition) is 5. The quantitative estimate of drug-likeness (QED) is 0.742. The molecule has 8 heteroatoms. The summed E-state index contributed by atoms with van der Waals surface area (Å²) in [6.45, 7) is 1.96. The highest BCUT2D eigenvalue weighted by Crippen LogP contribution is 2.23. The van der Waals surface area contributed by atoms with Crippen LogP contribution in [-0.4, -0.2) is 46.4 Å². The van der Waals surface area contributed by atoms with Crippen LogP contribution in [0.4, 0.5) is 0 Å². The molecule has 1 N–H and O–H groups in total. The molecule has 146 valence electrons. The van der Waals surface area contributed by atoms with Crippen LogP contribution >= 0.6 is 0 Å². The molecule has 0 aliphatic carbocycles. The monoisotopic (exact) mass is 392 g/mol. The lowest BCUT2D eigenvalue weighted by atomic mass is 10.2. The first-order valence-corrected chi connectivity index (χ1v) is 9.73. The predicted molar refractivity (Wildman–Crippen MR) is 102 cm³/mol. The molecule has 0 aliphatic rings. The van der Waals surface area contributed by atoms with Crippen LogP contribution in [0.15, 0.2) is 47.4 Å². The van der Waals surface area contributed by atoms with Gasteiger partial charge in [-0.25, -0.2) is 12.7 Å². The van der Waals surface area contributed by atoms with Crippen LogP contribution in [0, 0.1) is 6.92 Å². The number of nitrogens with one attached hydrogen (secondary N) is 1. The first kappa shape index (κ1) is 20.7. The summed E-state index contributed by atoms with van der Waals surface area (Å²) in [7, 11) is 1.04. The largest absolute Gasteiger partial charge is 0.497 e. The van der Waals surface area contributed by atoms with Gasteiger partial charge in [0.2, 0.25) is 10.0 Å². The molecule has 0 unspecified atom stereocenters. The van der Waals surface area contributed by atoms with Gasteiger partial charge >= 0.3 is 0 Å². The fourth-order valence-electron chi connectivity index (χ4n) is 2.29. The minimum atomic E-state index is -3.50. The number of nitrogens with zero attached hydrogens (tertiary/aromatic N) is 1. The van der Waals surface area contributed by atoms with Crippen molar-refractivity contribution in [2.45, 2.75) is 18.4 Å². The highest BCUT2D eigenvalue weighted by atomic mass is 32.2. The molecule has 0 aliphatic heterocycles. The van der Waals surface area contributed by atoms with Crippen molar-refractivity contribution in [3.05, 3.63) is 53.6 Å². The van der Waals surface area contributed by atoms with Gasteiger partial charge in [-0.1, -0.05) is 12.1 Å². The second kappa shape index (κ2) is 8.88. The molecule has 0 aromatic heterocycles. The fourth-order valence-corrected chi connectivity index (χ4v) is 3.28. The zero-order chi connectivity index (χ0) is 20.0. The molecule has 0 fully saturated rings. The highest BCUT2D eigenvalue weighted by molar-refractivity contribution is 7.89. The molecule has 2 aromatic carbocycles. The minimum absolute atomic E-state index is 0.156. The number of ether oxygens (including phenoxy) is 2. The van der Waals surface area contributed by atoms with E-state index in [2.05, 4.69) is 5.32 Å². The van der Waals surface area contributed by atoms with E-state index in [9.17, 15) is 13.2 Å². The normalized spacial score (nSPS) is 11.3. The summed E-state index contributed by atoms with van der Waals surface area (Å²) < 4.78 is 36.0. The van der Waals surface area contributed by atoms with Crippen molar-refractivity contribution in [2.75, 3.05) is 27.8 Å². The van der Waals surface area contributed by atoms with Gasteiger partial charge in [-0.2, -0.15) is 0 Å². The molecule has 0 atom stereocenters. The molecule has 2 aromatic rings. The van der Waals surface area contributed by atoms with E-state index < -0.39 is 10.0 Å². The van der Waals surface area contributed by atoms with E-state index in [0.717, 1.165) is 15.6 Å². The van der Waals surface area contributed by atoms with E-state index in [0.29, 0.717) is 17.9 Å². The Morgan fingerprint density at radius 3 is 2.33 bits per heavy atom. The summed E-state index contributed by atoms with van der Waals surface area (Å²) in [6, 6.07) is 11.9. The standard InChI is InChI=1S/C19H24N2O5S/c1-14-11-17(27(23,24)21(2)3)9-10-18(14)26-13-19(22)20-12-15-5-7-16(25-4)8-6-15/h5-11H,12-13H2,1-4H3,(H,20,22). The van der Waals surface area contributed by atoms with E-state index in [1.807, 2.05) is 24.3 Å². The number of methoxy groups -OCH3 is 1. The zero-order valence-electron chi connectivity index (χ0n) is 15.9. The molecule has 0 bridgehead atoms. The van der Waals surface area contributed by atoms with E-state index in [1.165, 1.54) is 26.2 Å². The second-order valence-corrected chi connectivity index (χ2v) is 8.28. The van der Waals surface area contributed by atoms with Gasteiger partial charge in [0.1, 0.15) is 11.5 Å². The average Bonchev–Trinajstić information content (AvgIpc) is 2.65. The number of rotatable bonds is 8. The molecule has 0 saturated carbocycles. The predicted octanol–water partition coefficient (Wildman–Crippen LogP) is 1.95. The SMILES string of the molecule is COc1ccc(CNC(=O)COc2ccc(S(=O)(=O)N(C)C)cc2C)cc1. The van der Waals surface area contributed by atoms with Gasteiger partial charge in [-0.3, -0.25) is 4.79 Å². The van der Waals surface area contributed by atoms with Gasteiger partial charge in [0.15, 0.2) is 6.61 Å². The molecule has 7 nitrogen and oxygen atoms in total. The van der Waals surface area contributed by atoms with Crippen LogP contribution in [0.2, 0.25) is 0 Å². The number of sulfonamides is 1. The Bertz CT molecular complexity index is 893. The van der Waals surface area contributed by atoms with Crippen molar-refractivity contribution in [1.29, 1.82) is 0 Å². The van der Waals surface area contributed by atoms with Crippen LogP contribution in [-0.2, 0) is 21.4 Å². The lowest BCUT2D eigenvalue weighted by Gasteiger charge is -2.14. The molecular weight excluding hydrogens is 368 g/mol. The van der Waals surface area contributed by atoms with Gasteiger partial charge in [0.25, 0.3) is 5.91 Å². The van der Waals surface area contributed by atoms with Gasteiger partial charge in [-0.05, 0) is 48.4 Å². The number of hydrogen-bond donors (Lipinski definition) is 1. The number of benzene rings is 2. The van der Waals surface area contributed by atoms with Crippen molar-refractivity contribution >= 4 is 15.9 Å². The number of aryl methyl sites for hydroxylation is 1. The molecule has 27 heavy (non-hydrogen) atoms. The van der Waals surface area contributed by atoms with Gasteiger partial charge in [0.05, 0.1) is 12.0 Å². The van der Waals surface area contributed by atoms with E-state index in [-0.39, 0.29) is 17.4 Å². The maximum atomic E-state index is 12.1. The number of carbonyl (C=O) groups is 1. The van der Waals surface area contributed by atoms with Gasteiger partial charge in [0, 0.05) is 20.6 Å². The first-order chi connectivity index (χ1) is 12.7. The van der Waals surface area contributed by atoms with Crippen LogP contribution in [0.1, 0.15) is 11.1 Å². The Kier molecular flexibility index (Phi) is 6.81. The number of amides is 1.